The molecule has 0 aliphatic rings. The number of ether oxygens (including phenoxy) is 1. The topological polar surface area (TPSA) is 116 Å². The Morgan fingerprint density at radius 2 is 1.88 bits per heavy atom. The summed E-state index contributed by atoms with van der Waals surface area (Å²) in [4.78, 5) is 23.8. The average molecular weight is 384 g/mol. The number of aryl methyl sites for hydroxylation is 2. The summed E-state index contributed by atoms with van der Waals surface area (Å²) in [5, 5.41) is 3.54. The molecule has 140 valence electrons. The molecule has 1 heterocycles. The van der Waals surface area contributed by atoms with E-state index >= 15 is 0 Å². The van der Waals surface area contributed by atoms with E-state index in [9.17, 15) is 22.4 Å². The van der Waals surface area contributed by atoms with Crippen molar-refractivity contribution in [3.8, 4) is 0 Å². The Balaban J connectivity index is 1.96. The van der Waals surface area contributed by atoms with Crippen LogP contribution in [-0.4, -0.2) is 38.0 Å². The fourth-order valence-corrected chi connectivity index (χ4v) is 3.52. The van der Waals surface area contributed by atoms with Gasteiger partial charge >= 0.3 is 5.97 Å². The summed E-state index contributed by atoms with van der Waals surface area (Å²) in [5.41, 5.74) is 0.325. The summed E-state index contributed by atoms with van der Waals surface area (Å²) >= 11 is 0. The summed E-state index contributed by atoms with van der Waals surface area (Å²) in [5.74, 6) is -1.89. The molecule has 8 nitrogen and oxygen atoms in total. The van der Waals surface area contributed by atoms with E-state index in [1.54, 1.807) is 0 Å². The molecule has 0 unspecified atom stereocenters. The molecule has 0 spiro atoms. The number of hydrogen-bond donors (Lipinski definition) is 1. The molecule has 0 aliphatic heterocycles. The highest BCUT2D eigenvalue weighted by molar-refractivity contribution is 7.89. The van der Waals surface area contributed by atoms with Gasteiger partial charge in [-0.25, -0.2) is 12.8 Å². The van der Waals surface area contributed by atoms with E-state index in [4.69, 9.17) is 9.26 Å². The van der Waals surface area contributed by atoms with Crippen LogP contribution >= 0.6 is 0 Å². The molecule has 1 N–H and O–H groups in total. The van der Waals surface area contributed by atoms with E-state index in [-0.39, 0.29) is 21.9 Å². The number of rotatable bonds is 7. The largest absolute Gasteiger partial charge is 0.453 e. The third-order valence-electron chi connectivity index (χ3n) is 3.45. The van der Waals surface area contributed by atoms with Crippen molar-refractivity contribution in [3.63, 3.8) is 0 Å². The zero-order valence-corrected chi connectivity index (χ0v) is 15.1. The number of halogens is 1. The summed E-state index contributed by atoms with van der Waals surface area (Å²) in [6, 6.07) is 4.75. The van der Waals surface area contributed by atoms with Crippen molar-refractivity contribution in [2.45, 2.75) is 31.8 Å². The van der Waals surface area contributed by atoms with Gasteiger partial charge in [-0.15, -0.1) is 0 Å². The average Bonchev–Trinajstić information content (AvgIpc) is 2.92. The van der Waals surface area contributed by atoms with Gasteiger partial charge < -0.3 is 9.26 Å². The molecular formula is C16H17FN2O6S. The number of ketones is 1. The number of benzene rings is 1. The molecule has 1 aromatic carbocycles. The molecule has 26 heavy (non-hydrogen) atoms. The second kappa shape index (κ2) is 7.75. The quantitative estimate of drug-likeness (QED) is 0.568. The molecule has 0 aliphatic carbocycles. The first-order valence-corrected chi connectivity index (χ1v) is 9.02. The number of carbonyl (C=O) groups is 2. The van der Waals surface area contributed by atoms with Crippen LogP contribution in [0.2, 0.25) is 0 Å². The normalized spacial score (nSPS) is 12.6. The van der Waals surface area contributed by atoms with E-state index in [0.29, 0.717) is 0 Å². The second-order valence-electron chi connectivity index (χ2n) is 5.48. The Morgan fingerprint density at radius 3 is 2.42 bits per heavy atom. The lowest BCUT2D eigenvalue weighted by molar-refractivity contribution is -0.144. The molecule has 2 aromatic rings. The Hall–Kier alpha value is -2.59. The smallest absolute Gasteiger partial charge is 0.321 e. The number of nitrogens with one attached hydrogen (secondary N) is 1. The van der Waals surface area contributed by atoms with Crippen LogP contribution in [0.25, 0.3) is 0 Å². The number of aromatic nitrogens is 1. The molecular weight excluding hydrogens is 367 g/mol. The van der Waals surface area contributed by atoms with Gasteiger partial charge in [-0.1, -0.05) is 5.16 Å². The summed E-state index contributed by atoms with van der Waals surface area (Å²) in [6.45, 7) is 3.54. The molecule has 10 heteroatoms. The van der Waals surface area contributed by atoms with E-state index in [0.717, 1.165) is 12.1 Å². The third kappa shape index (κ3) is 4.52. The lowest BCUT2D eigenvalue weighted by Crippen LogP contribution is -2.34. The molecule has 0 saturated heterocycles. The molecule has 0 bridgehead atoms. The van der Waals surface area contributed by atoms with Crippen molar-refractivity contribution in [2.75, 3.05) is 6.54 Å². The first-order chi connectivity index (χ1) is 12.1. The van der Waals surface area contributed by atoms with Gasteiger partial charge in [0.15, 0.2) is 11.9 Å². The van der Waals surface area contributed by atoms with Crippen molar-refractivity contribution < 1.29 is 31.7 Å². The van der Waals surface area contributed by atoms with E-state index in [1.807, 2.05) is 0 Å². The molecule has 0 fully saturated rings. The van der Waals surface area contributed by atoms with Gasteiger partial charge in [-0.2, -0.15) is 4.72 Å². The Bertz CT molecular complexity index is 901. The fourth-order valence-electron chi connectivity index (χ4n) is 2.23. The van der Waals surface area contributed by atoms with Gasteiger partial charge in [0.1, 0.15) is 23.0 Å². The number of hydrogen-bond acceptors (Lipinski definition) is 7. The Kier molecular flexibility index (Phi) is 5.88. The van der Waals surface area contributed by atoms with Crippen molar-refractivity contribution >= 4 is 21.8 Å². The Morgan fingerprint density at radius 1 is 1.27 bits per heavy atom. The minimum Gasteiger partial charge on any atom is -0.453 e. The second-order valence-corrected chi connectivity index (χ2v) is 7.18. The maximum Gasteiger partial charge on any atom is 0.321 e. The first-order valence-electron chi connectivity index (χ1n) is 7.53. The van der Waals surface area contributed by atoms with E-state index in [2.05, 4.69) is 9.88 Å². The van der Waals surface area contributed by atoms with Gasteiger partial charge in [0.2, 0.25) is 15.8 Å². The van der Waals surface area contributed by atoms with Crippen molar-refractivity contribution in [1.82, 2.24) is 9.88 Å². The van der Waals surface area contributed by atoms with Gasteiger partial charge in [0.25, 0.3) is 0 Å². The standard InChI is InChI=1S/C16H17FN2O6S/c1-9-16(11(3)25-19-9)26(22,23)18-8-14(20)24-10(2)15(21)12-4-6-13(17)7-5-12/h4-7,10,18H,8H2,1-3H3/t10-/m1/s1. The lowest BCUT2D eigenvalue weighted by atomic mass is 10.1. The van der Waals surface area contributed by atoms with Crippen LogP contribution in [0.1, 0.15) is 28.7 Å². The van der Waals surface area contributed by atoms with Crippen LogP contribution in [0.5, 0.6) is 0 Å². The fraction of sp³-hybridized carbons (Fsp3) is 0.312. The maximum atomic E-state index is 12.9. The zero-order chi connectivity index (χ0) is 19.5. The molecule has 1 aromatic heterocycles. The highest BCUT2D eigenvalue weighted by Crippen LogP contribution is 2.18. The molecule has 0 saturated carbocycles. The van der Waals surface area contributed by atoms with Gasteiger partial charge in [0, 0.05) is 5.56 Å². The van der Waals surface area contributed by atoms with E-state index in [1.165, 1.54) is 32.9 Å². The monoisotopic (exact) mass is 384 g/mol. The van der Waals surface area contributed by atoms with Crippen molar-refractivity contribution in [2.24, 2.45) is 0 Å². The van der Waals surface area contributed by atoms with E-state index < -0.39 is 40.2 Å². The van der Waals surface area contributed by atoms with Crippen LogP contribution in [0.4, 0.5) is 4.39 Å². The minimum absolute atomic E-state index is 0.0863. The summed E-state index contributed by atoms with van der Waals surface area (Å²) in [7, 11) is -4.02. The van der Waals surface area contributed by atoms with Crippen LogP contribution in [0.15, 0.2) is 33.7 Å². The van der Waals surface area contributed by atoms with Crippen LogP contribution in [0, 0.1) is 19.7 Å². The SMILES string of the molecule is Cc1noc(C)c1S(=O)(=O)NCC(=O)O[C@H](C)C(=O)c1ccc(F)cc1. The minimum atomic E-state index is -4.02. The predicted octanol–water partition coefficient (Wildman–Crippen LogP) is 1.52. The third-order valence-corrected chi connectivity index (χ3v) is 5.09. The summed E-state index contributed by atoms with van der Waals surface area (Å²) in [6.07, 6.45) is -1.16. The van der Waals surface area contributed by atoms with Gasteiger partial charge in [0.05, 0.1) is 0 Å². The first kappa shape index (κ1) is 19.7. The Labute approximate surface area is 149 Å². The highest BCUT2D eigenvalue weighted by Gasteiger charge is 2.26. The lowest BCUT2D eigenvalue weighted by Gasteiger charge is -2.13. The van der Waals surface area contributed by atoms with Crippen molar-refractivity contribution in [1.29, 1.82) is 0 Å². The van der Waals surface area contributed by atoms with Gasteiger partial charge in [-0.05, 0) is 45.0 Å². The summed E-state index contributed by atoms with van der Waals surface area (Å²) < 4.78 is 49.0. The number of esters is 1. The van der Waals surface area contributed by atoms with Crippen LogP contribution in [-0.2, 0) is 19.6 Å². The predicted molar refractivity (Wildman–Crippen MR) is 87.5 cm³/mol. The molecule has 2 rings (SSSR count). The van der Waals surface area contributed by atoms with Crippen molar-refractivity contribution in [3.05, 3.63) is 47.1 Å². The maximum absolute atomic E-state index is 12.9. The molecule has 0 amide bonds. The zero-order valence-electron chi connectivity index (χ0n) is 14.3. The van der Waals surface area contributed by atoms with Crippen LogP contribution < -0.4 is 4.72 Å². The number of carbonyl (C=O) groups excluding carboxylic acids is 2. The molecule has 0 radical (unpaired) electrons. The highest BCUT2D eigenvalue weighted by atomic mass is 32.2. The van der Waals surface area contributed by atoms with Crippen LogP contribution in [0.3, 0.4) is 0 Å². The van der Waals surface area contributed by atoms with Gasteiger partial charge in [-0.3, -0.25) is 9.59 Å². The number of sulfonamides is 1. The molecule has 1 atom stereocenters. The number of nitrogens with zero attached hydrogens (tertiary/aromatic N) is 1. The number of Topliss-reactive ketones (excluding diaryl/α,β-unsaturated/α-hetero) is 1.